The van der Waals surface area contributed by atoms with Crippen LogP contribution < -0.4 is 0 Å². The van der Waals surface area contributed by atoms with E-state index in [-0.39, 0.29) is 11.7 Å². The van der Waals surface area contributed by atoms with Crippen LogP contribution in [0.1, 0.15) is 35.2 Å². The molecule has 26 heavy (non-hydrogen) atoms. The van der Waals surface area contributed by atoms with Gasteiger partial charge in [-0.1, -0.05) is 6.92 Å². The van der Waals surface area contributed by atoms with Gasteiger partial charge in [-0.2, -0.15) is 10.2 Å². The number of amides is 1. The lowest BCUT2D eigenvalue weighted by molar-refractivity contribution is 0.0787. The predicted molar refractivity (Wildman–Crippen MR) is 97.2 cm³/mol. The molecule has 3 rings (SSSR count). The maximum absolute atomic E-state index is 13.0. The highest BCUT2D eigenvalue weighted by molar-refractivity contribution is 5.92. The van der Waals surface area contributed by atoms with Crippen molar-refractivity contribution in [1.82, 2.24) is 25.3 Å². The Bertz CT molecular complexity index is 868. The molecule has 0 atom stereocenters. The number of benzene rings is 1. The molecule has 0 radical (unpaired) electrons. The highest BCUT2D eigenvalue weighted by atomic mass is 19.1. The summed E-state index contributed by atoms with van der Waals surface area (Å²) in [5.74, 6) is -0.349. The van der Waals surface area contributed by atoms with Crippen LogP contribution in [-0.4, -0.2) is 44.8 Å². The van der Waals surface area contributed by atoms with E-state index >= 15 is 0 Å². The Kier molecular flexibility index (Phi) is 5.46. The number of hydrogen-bond donors (Lipinski definition) is 2. The van der Waals surface area contributed by atoms with Crippen molar-refractivity contribution in [1.29, 1.82) is 0 Å². The molecular weight excluding hydrogens is 333 g/mol. The predicted octanol–water partition coefficient (Wildman–Crippen LogP) is 3.21. The fraction of sp³-hybridized carbons (Fsp3) is 0.316. The number of nitrogens with zero attached hydrogens (tertiary/aromatic N) is 3. The fourth-order valence-electron chi connectivity index (χ4n) is 2.71. The summed E-state index contributed by atoms with van der Waals surface area (Å²) in [5, 5.41) is 14.2. The Morgan fingerprint density at radius 1 is 1.12 bits per heavy atom. The van der Waals surface area contributed by atoms with Crippen molar-refractivity contribution in [3.8, 4) is 11.3 Å². The number of aromatic nitrogens is 4. The van der Waals surface area contributed by atoms with E-state index in [9.17, 15) is 9.18 Å². The van der Waals surface area contributed by atoms with E-state index in [1.807, 2.05) is 13.0 Å². The van der Waals surface area contributed by atoms with Gasteiger partial charge in [-0.05, 0) is 55.7 Å². The molecule has 0 fully saturated rings. The standard InChI is InChI=1S/C19H22FN5O/c1-3-15-11-18(24-21-15)19(26)25(2)10-4-5-16-12-17(23-22-16)13-6-8-14(20)9-7-13/h6-9,11-12H,3-5,10H2,1-2H3,(H,21,24)(H,22,23). The van der Waals surface area contributed by atoms with Crippen LogP contribution in [0.25, 0.3) is 11.3 Å². The molecule has 0 aliphatic carbocycles. The van der Waals surface area contributed by atoms with Gasteiger partial charge in [0.25, 0.3) is 5.91 Å². The zero-order valence-corrected chi connectivity index (χ0v) is 14.9. The lowest BCUT2D eigenvalue weighted by Gasteiger charge is -2.15. The molecule has 0 saturated carbocycles. The number of aryl methyl sites for hydroxylation is 2. The number of H-pyrrole nitrogens is 2. The van der Waals surface area contributed by atoms with Gasteiger partial charge in [-0.3, -0.25) is 15.0 Å². The molecule has 0 aliphatic heterocycles. The molecule has 0 spiro atoms. The first-order valence-electron chi connectivity index (χ1n) is 8.66. The Balaban J connectivity index is 1.51. The second kappa shape index (κ2) is 7.95. The molecule has 1 amide bonds. The van der Waals surface area contributed by atoms with Crippen LogP contribution in [0.4, 0.5) is 4.39 Å². The smallest absolute Gasteiger partial charge is 0.274 e. The number of carbonyl (C=O) groups excluding carboxylic acids is 1. The summed E-state index contributed by atoms with van der Waals surface area (Å²) in [7, 11) is 1.78. The summed E-state index contributed by atoms with van der Waals surface area (Å²) in [5.41, 5.74) is 4.04. The molecule has 0 bridgehead atoms. The second-order valence-electron chi connectivity index (χ2n) is 6.25. The van der Waals surface area contributed by atoms with Gasteiger partial charge < -0.3 is 4.90 Å². The van der Waals surface area contributed by atoms with Gasteiger partial charge in [0.05, 0.1) is 5.69 Å². The van der Waals surface area contributed by atoms with E-state index in [2.05, 4.69) is 20.4 Å². The third kappa shape index (κ3) is 4.17. The molecule has 0 aliphatic rings. The van der Waals surface area contributed by atoms with Gasteiger partial charge in [0.2, 0.25) is 0 Å². The van der Waals surface area contributed by atoms with Crippen molar-refractivity contribution in [2.75, 3.05) is 13.6 Å². The molecule has 2 N–H and O–H groups in total. The summed E-state index contributed by atoms with van der Waals surface area (Å²) in [4.78, 5) is 14.0. The molecule has 1 aromatic carbocycles. The van der Waals surface area contributed by atoms with Crippen molar-refractivity contribution < 1.29 is 9.18 Å². The van der Waals surface area contributed by atoms with Crippen LogP contribution in [0.5, 0.6) is 0 Å². The topological polar surface area (TPSA) is 77.7 Å². The number of hydrogen-bond acceptors (Lipinski definition) is 3. The molecule has 6 nitrogen and oxygen atoms in total. The van der Waals surface area contributed by atoms with Gasteiger partial charge >= 0.3 is 0 Å². The average Bonchev–Trinajstić information content (AvgIpc) is 3.31. The first kappa shape index (κ1) is 17.8. The van der Waals surface area contributed by atoms with Crippen molar-refractivity contribution in [3.05, 3.63) is 59.3 Å². The van der Waals surface area contributed by atoms with Crippen LogP contribution in [-0.2, 0) is 12.8 Å². The van der Waals surface area contributed by atoms with E-state index < -0.39 is 0 Å². The lowest BCUT2D eigenvalue weighted by atomic mass is 10.1. The minimum atomic E-state index is -0.264. The minimum Gasteiger partial charge on any atom is -0.340 e. The monoisotopic (exact) mass is 355 g/mol. The van der Waals surface area contributed by atoms with Crippen LogP contribution in [0.3, 0.4) is 0 Å². The number of rotatable bonds is 7. The molecule has 3 aromatic rings. The summed E-state index contributed by atoms with van der Waals surface area (Å²) in [6.07, 6.45) is 2.39. The van der Waals surface area contributed by atoms with E-state index in [0.717, 1.165) is 41.9 Å². The molecule has 2 heterocycles. The van der Waals surface area contributed by atoms with Gasteiger partial charge in [0.15, 0.2) is 0 Å². The van der Waals surface area contributed by atoms with E-state index in [1.165, 1.54) is 12.1 Å². The van der Waals surface area contributed by atoms with Crippen molar-refractivity contribution in [2.45, 2.75) is 26.2 Å². The van der Waals surface area contributed by atoms with Gasteiger partial charge in [-0.15, -0.1) is 0 Å². The first-order chi connectivity index (χ1) is 12.6. The maximum Gasteiger partial charge on any atom is 0.274 e. The average molecular weight is 355 g/mol. The Hall–Kier alpha value is -2.96. The second-order valence-corrected chi connectivity index (χ2v) is 6.25. The third-order valence-electron chi connectivity index (χ3n) is 4.29. The number of halogens is 1. The molecule has 2 aromatic heterocycles. The minimum absolute atomic E-state index is 0.0856. The van der Waals surface area contributed by atoms with E-state index in [1.54, 1.807) is 30.1 Å². The molecule has 0 unspecified atom stereocenters. The van der Waals surface area contributed by atoms with Crippen LogP contribution in [0.2, 0.25) is 0 Å². The quantitative estimate of drug-likeness (QED) is 0.683. The lowest BCUT2D eigenvalue weighted by Crippen LogP contribution is -2.28. The Morgan fingerprint density at radius 3 is 2.54 bits per heavy atom. The molecular formula is C19H22FN5O. The third-order valence-corrected chi connectivity index (χ3v) is 4.29. The maximum atomic E-state index is 13.0. The van der Waals surface area contributed by atoms with Crippen LogP contribution in [0, 0.1) is 5.82 Å². The largest absolute Gasteiger partial charge is 0.340 e. The zero-order chi connectivity index (χ0) is 18.5. The van der Waals surface area contributed by atoms with E-state index in [4.69, 9.17) is 0 Å². The normalized spacial score (nSPS) is 10.9. The highest BCUT2D eigenvalue weighted by Gasteiger charge is 2.15. The summed E-state index contributed by atoms with van der Waals surface area (Å²) < 4.78 is 13.0. The SMILES string of the molecule is CCc1cc(C(=O)N(C)CCCc2cc(-c3ccc(F)cc3)n[nH]2)n[nH]1. The summed E-state index contributed by atoms with van der Waals surface area (Å²) in [6.45, 7) is 2.63. The molecule has 136 valence electrons. The van der Waals surface area contributed by atoms with Gasteiger partial charge in [0.1, 0.15) is 11.5 Å². The van der Waals surface area contributed by atoms with Gasteiger partial charge in [0, 0.05) is 30.5 Å². The Labute approximate surface area is 151 Å². The molecule has 0 saturated heterocycles. The van der Waals surface area contributed by atoms with E-state index in [0.29, 0.717) is 12.2 Å². The van der Waals surface area contributed by atoms with Crippen molar-refractivity contribution in [3.63, 3.8) is 0 Å². The molecule has 7 heteroatoms. The highest BCUT2D eigenvalue weighted by Crippen LogP contribution is 2.18. The van der Waals surface area contributed by atoms with Crippen molar-refractivity contribution in [2.24, 2.45) is 0 Å². The van der Waals surface area contributed by atoms with Crippen LogP contribution >= 0.6 is 0 Å². The number of nitrogens with one attached hydrogen (secondary N) is 2. The Morgan fingerprint density at radius 2 is 1.85 bits per heavy atom. The zero-order valence-electron chi connectivity index (χ0n) is 14.9. The first-order valence-corrected chi connectivity index (χ1v) is 8.66. The van der Waals surface area contributed by atoms with Crippen LogP contribution in [0.15, 0.2) is 36.4 Å². The number of aromatic amines is 2. The summed E-state index contributed by atoms with van der Waals surface area (Å²) >= 11 is 0. The van der Waals surface area contributed by atoms with Gasteiger partial charge in [-0.25, -0.2) is 4.39 Å². The number of carbonyl (C=O) groups is 1. The fourth-order valence-corrected chi connectivity index (χ4v) is 2.71. The summed E-state index contributed by atoms with van der Waals surface area (Å²) in [6, 6.07) is 10.00. The van der Waals surface area contributed by atoms with Crippen molar-refractivity contribution >= 4 is 5.91 Å².